The second kappa shape index (κ2) is 7.01. The fourth-order valence-corrected chi connectivity index (χ4v) is 1.44. The van der Waals surface area contributed by atoms with Crippen LogP contribution in [0.25, 0.3) is 0 Å². The number of carbonyl (C=O) groups excluding carboxylic acids is 1. The van der Waals surface area contributed by atoms with Gasteiger partial charge in [-0.2, -0.15) is 0 Å². The molecule has 1 aromatic rings. The molecule has 0 fully saturated rings. The monoisotopic (exact) mass is 235 g/mol. The second-order valence-corrected chi connectivity index (χ2v) is 4.26. The molecule has 1 aromatic heterocycles. The third-order valence-electron chi connectivity index (χ3n) is 2.81. The van der Waals surface area contributed by atoms with Crippen molar-refractivity contribution in [1.82, 2.24) is 15.6 Å². The second-order valence-electron chi connectivity index (χ2n) is 4.26. The maximum atomic E-state index is 11.7. The molecule has 4 heteroatoms. The Bertz CT molecular complexity index is 340. The Balaban J connectivity index is 2.36. The van der Waals surface area contributed by atoms with Crippen molar-refractivity contribution in [3.8, 4) is 0 Å². The smallest absolute Gasteiger partial charge is 0.234 e. The lowest BCUT2D eigenvalue weighted by molar-refractivity contribution is -0.121. The van der Waals surface area contributed by atoms with E-state index in [1.807, 2.05) is 19.1 Å². The molecule has 17 heavy (non-hydrogen) atoms. The number of rotatable bonds is 6. The van der Waals surface area contributed by atoms with E-state index in [9.17, 15) is 4.79 Å². The van der Waals surface area contributed by atoms with Crippen molar-refractivity contribution in [2.75, 3.05) is 6.54 Å². The predicted molar refractivity (Wildman–Crippen MR) is 68.6 cm³/mol. The largest absolute Gasteiger partial charge is 0.348 e. The molecule has 0 aliphatic carbocycles. The van der Waals surface area contributed by atoms with Crippen LogP contribution < -0.4 is 10.6 Å². The molecule has 4 nitrogen and oxygen atoms in total. The molecule has 2 atom stereocenters. The molecule has 0 aliphatic rings. The maximum absolute atomic E-state index is 11.7. The minimum absolute atomic E-state index is 0.0178. The van der Waals surface area contributed by atoms with Gasteiger partial charge in [0.05, 0.1) is 12.6 Å². The minimum Gasteiger partial charge on any atom is -0.348 e. The van der Waals surface area contributed by atoms with Crippen molar-refractivity contribution in [1.29, 1.82) is 0 Å². The van der Waals surface area contributed by atoms with Crippen LogP contribution in [0.15, 0.2) is 24.5 Å². The van der Waals surface area contributed by atoms with E-state index >= 15 is 0 Å². The molecule has 2 N–H and O–H groups in total. The molecular weight excluding hydrogens is 214 g/mol. The van der Waals surface area contributed by atoms with Crippen LogP contribution in [0.5, 0.6) is 0 Å². The average molecular weight is 235 g/mol. The molecule has 0 bridgehead atoms. The SMILES string of the molecule is CCC(C)NCC(=O)NC(C)c1ccncc1. The van der Waals surface area contributed by atoms with Crippen molar-refractivity contribution in [3.05, 3.63) is 30.1 Å². The van der Waals surface area contributed by atoms with Crippen LogP contribution in [0, 0.1) is 0 Å². The number of nitrogens with zero attached hydrogens (tertiary/aromatic N) is 1. The van der Waals surface area contributed by atoms with E-state index in [1.54, 1.807) is 12.4 Å². The first-order valence-electron chi connectivity index (χ1n) is 6.06. The Labute approximate surface area is 103 Å². The van der Waals surface area contributed by atoms with E-state index < -0.39 is 0 Å². The first kappa shape index (κ1) is 13.6. The summed E-state index contributed by atoms with van der Waals surface area (Å²) >= 11 is 0. The number of carbonyl (C=O) groups is 1. The molecule has 1 amide bonds. The fourth-order valence-electron chi connectivity index (χ4n) is 1.44. The van der Waals surface area contributed by atoms with Gasteiger partial charge in [0.1, 0.15) is 0 Å². The highest BCUT2D eigenvalue weighted by atomic mass is 16.1. The molecule has 0 spiro atoms. The average Bonchev–Trinajstić information content (AvgIpc) is 2.36. The summed E-state index contributed by atoms with van der Waals surface area (Å²) in [6.07, 6.45) is 4.48. The lowest BCUT2D eigenvalue weighted by Crippen LogP contribution is -2.38. The van der Waals surface area contributed by atoms with Gasteiger partial charge in [-0.1, -0.05) is 6.92 Å². The van der Waals surface area contributed by atoms with Gasteiger partial charge in [0.15, 0.2) is 0 Å². The van der Waals surface area contributed by atoms with Gasteiger partial charge in [-0.25, -0.2) is 0 Å². The minimum atomic E-state index is 0.0178. The van der Waals surface area contributed by atoms with Gasteiger partial charge >= 0.3 is 0 Å². The highest BCUT2D eigenvalue weighted by Crippen LogP contribution is 2.09. The van der Waals surface area contributed by atoms with Crippen molar-refractivity contribution in [2.45, 2.75) is 39.3 Å². The topological polar surface area (TPSA) is 54.0 Å². The summed E-state index contributed by atoms with van der Waals surface area (Å²) in [6.45, 7) is 6.50. The molecule has 2 unspecified atom stereocenters. The van der Waals surface area contributed by atoms with Gasteiger partial charge in [-0.05, 0) is 38.0 Å². The molecule has 0 radical (unpaired) electrons. The Hall–Kier alpha value is -1.42. The standard InChI is InChI=1S/C13H21N3O/c1-4-10(2)15-9-13(17)16-11(3)12-5-7-14-8-6-12/h5-8,10-11,15H,4,9H2,1-3H3,(H,16,17). The maximum Gasteiger partial charge on any atom is 0.234 e. The third-order valence-corrected chi connectivity index (χ3v) is 2.81. The van der Waals surface area contributed by atoms with Crippen LogP contribution in [0.2, 0.25) is 0 Å². The van der Waals surface area contributed by atoms with E-state index in [1.165, 1.54) is 0 Å². The van der Waals surface area contributed by atoms with Gasteiger partial charge in [-0.3, -0.25) is 9.78 Å². The summed E-state index contributed by atoms with van der Waals surface area (Å²) in [6, 6.07) is 4.21. The van der Waals surface area contributed by atoms with Gasteiger partial charge in [0.2, 0.25) is 5.91 Å². The van der Waals surface area contributed by atoms with Crippen molar-refractivity contribution < 1.29 is 4.79 Å². The molecule has 0 aliphatic heterocycles. The molecule has 1 rings (SSSR count). The van der Waals surface area contributed by atoms with Crippen LogP contribution in [-0.4, -0.2) is 23.5 Å². The Morgan fingerprint density at radius 3 is 2.59 bits per heavy atom. The summed E-state index contributed by atoms with van der Waals surface area (Å²) in [5.74, 6) is 0.0228. The zero-order valence-corrected chi connectivity index (χ0v) is 10.7. The van der Waals surface area contributed by atoms with Crippen LogP contribution in [0.3, 0.4) is 0 Å². The van der Waals surface area contributed by atoms with E-state index in [-0.39, 0.29) is 11.9 Å². The molecule has 0 saturated heterocycles. The van der Waals surface area contributed by atoms with E-state index in [2.05, 4.69) is 29.5 Å². The van der Waals surface area contributed by atoms with Gasteiger partial charge < -0.3 is 10.6 Å². The van der Waals surface area contributed by atoms with Crippen molar-refractivity contribution in [3.63, 3.8) is 0 Å². The number of aromatic nitrogens is 1. The zero-order chi connectivity index (χ0) is 12.7. The van der Waals surface area contributed by atoms with Crippen molar-refractivity contribution in [2.24, 2.45) is 0 Å². The van der Waals surface area contributed by atoms with E-state index in [0.717, 1.165) is 12.0 Å². The lowest BCUT2D eigenvalue weighted by atomic mass is 10.1. The Morgan fingerprint density at radius 2 is 2.00 bits per heavy atom. The Morgan fingerprint density at radius 1 is 1.35 bits per heavy atom. The Kier molecular flexibility index (Phi) is 5.63. The van der Waals surface area contributed by atoms with Gasteiger partial charge in [-0.15, -0.1) is 0 Å². The number of nitrogens with one attached hydrogen (secondary N) is 2. The van der Waals surface area contributed by atoms with Crippen LogP contribution in [-0.2, 0) is 4.79 Å². The van der Waals surface area contributed by atoms with E-state index in [0.29, 0.717) is 12.6 Å². The van der Waals surface area contributed by atoms with Crippen LogP contribution >= 0.6 is 0 Å². The molecule has 0 saturated carbocycles. The third kappa shape index (κ3) is 4.95. The molecule has 1 heterocycles. The summed E-state index contributed by atoms with van der Waals surface area (Å²) < 4.78 is 0. The lowest BCUT2D eigenvalue weighted by Gasteiger charge is -2.16. The predicted octanol–water partition coefficient (Wildman–Crippen LogP) is 1.65. The van der Waals surface area contributed by atoms with Crippen LogP contribution in [0.1, 0.15) is 38.8 Å². The van der Waals surface area contributed by atoms with Gasteiger partial charge in [0, 0.05) is 18.4 Å². The first-order valence-corrected chi connectivity index (χ1v) is 6.06. The number of hydrogen-bond acceptors (Lipinski definition) is 3. The van der Waals surface area contributed by atoms with Crippen LogP contribution in [0.4, 0.5) is 0 Å². The summed E-state index contributed by atoms with van der Waals surface area (Å²) in [4.78, 5) is 15.6. The summed E-state index contributed by atoms with van der Waals surface area (Å²) in [5, 5.41) is 6.11. The summed E-state index contributed by atoms with van der Waals surface area (Å²) in [5.41, 5.74) is 1.07. The van der Waals surface area contributed by atoms with Gasteiger partial charge in [0.25, 0.3) is 0 Å². The quantitative estimate of drug-likeness (QED) is 0.788. The highest BCUT2D eigenvalue weighted by Gasteiger charge is 2.09. The fraction of sp³-hybridized carbons (Fsp3) is 0.538. The summed E-state index contributed by atoms with van der Waals surface area (Å²) in [7, 11) is 0. The number of hydrogen-bond donors (Lipinski definition) is 2. The molecular formula is C13H21N3O. The normalized spacial score (nSPS) is 14.1. The van der Waals surface area contributed by atoms with Crippen molar-refractivity contribution >= 4 is 5.91 Å². The first-order chi connectivity index (χ1) is 8.13. The number of amides is 1. The molecule has 94 valence electrons. The highest BCUT2D eigenvalue weighted by molar-refractivity contribution is 5.78. The number of pyridine rings is 1. The molecule has 0 aromatic carbocycles. The van der Waals surface area contributed by atoms with E-state index in [4.69, 9.17) is 0 Å². The zero-order valence-electron chi connectivity index (χ0n) is 10.7.